The van der Waals surface area contributed by atoms with Crippen LogP contribution in [0.1, 0.15) is 11.3 Å². The molecule has 0 fully saturated rings. The second kappa shape index (κ2) is 3.43. The third-order valence-corrected chi connectivity index (χ3v) is 2.08. The molecule has 0 spiro atoms. The SMILES string of the molecule is C#Cc1ccc(-c2ccc(C)cc2)o1. The molecule has 14 heavy (non-hydrogen) atoms. The van der Waals surface area contributed by atoms with Crippen LogP contribution in [-0.2, 0) is 0 Å². The van der Waals surface area contributed by atoms with Crippen molar-refractivity contribution in [2.45, 2.75) is 6.92 Å². The summed E-state index contributed by atoms with van der Waals surface area (Å²) in [5.74, 6) is 3.85. The summed E-state index contributed by atoms with van der Waals surface area (Å²) in [6, 6.07) is 11.8. The van der Waals surface area contributed by atoms with Crippen molar-refractivity contribution in [1.29, 1.82) is 0 Å². The molecule has 2 rings (SSSR count). The van der Waals surface area contributed by atoms with Gasteiger partial charge in [-0.1, -0.05) is 29.8 Å². The van der Waals surface area contributed by atoms with Gasteiger partial charge in [0.25, 0.3) is 0 Å². The van der Waals surface area contributed by atoms with E-state index in [1.807, 2.05) is 30.3 Å². The van der Waals surface area contributed by atoms with E-state index in [2.05, 4.69) is 12.8 Å². The van der Waals surface area contributed by atoms with E-state index in [9.17, 15) is 0 Å². The molecule has 1 heteroatoms. The van der Waals surface area contributed by atoms with Crippen LogP contribution in [0.3, 0.4) is 0 Å². The van der Waals surface area contributed by atoms with Crippen LogP contribution in [0, 0.1) is 19.3 Å². The Morgan fingerprint density at radius 2 is 1.79 bits per heavy atom. The minimum absolute atomic E-state index is 0.570. The van der Waals surface area contributed by atoms with Crippen LogP contribution in [0.25, 0.3) is 11.3 Å². The van der Waals surface area contributed by atoms with Gasteiger partial charge in [-0.3, -0.25) is 0 Å². The van der Waals surface area contributed by atoms with Crippen molar-refractivity contribution in [1.82, 2.24) is 0 Å². The molecule has 1 nitrogen and oxygen atoms in total. The molecule has 0 N–H and O–H groups in total. The van der Waals surface area contributed by atoms with Gasteiger partial charge in [-0.15, -0.1) is 6.42 Å². The molecule has 0 atom stereocenters. The first-order valence-electron chi connectivity index (χ1n) is 4.43. The monoisotopic (exact) mass is 182 g/mol. The largest absolute Gasteiger partial charge is 0.448 e. The quantitative estimate of drug-likeness (QED) is 0.617. The summed E-state index contributed by atoms with van der Waals surface area (Å²) >= 11 is 0. The number of hydrogen-bond donors (Lipinski definition) is 0. The number of rotatable bonds is 1. The van der Waals surface area contributed by atoms with Gasteiger partial charge < -0.3 is 4.42 Å². The van der Waals surface area contributed by atoms with Gasteiger partial charge in [0.1, 0.15) is 5.76 Å². The predicted molar refractivity (Wildman–Crippen MR) is 56.8 cm³/mol. The van der Waals surface area contributed by atoms with Gasteiger partial charge in [-0.25, -0.2) is 0 Å². The van der Waals surface area contributed by atoms with Gasteiger partial charge in [0.2, 0.25) is 0 Å². The third kappa shape index (κ3) is 1.55. The zero-order valence-corrected chi connectivity index (χ0v) is 7.95. The molecule has 0 radical (unpaired) electrons. The number of aryl methyl sites for hydroxylation is 1. The number of terminal acetylenes is 1. The summed E-state index contributed by atoms with van der Waals surface area (Å²) in [6.07, 6.45) is 5.22. The molecule has 0 aliphatic heterocycles. The fourth-order valence-corrected chi connectivity index (χ4v) is 1.29. The topological polar surface area (TPSA) is 13.1 Å². The molecule has 0 aliphatic carbocycles. The molecule has 0 unspecified atom stereocenters. The van der Waals surface area contributed by atoms with Gasteiger partial charge >= 0.3 is 0 Å². The Kier molecular flexibility index (Phi) is 2.12. The summed E-state index contributed by atoms with van der Waals surface area (Å²) in [5.41, 5.74) is 2.29. The molecular weight excluding hydrogens is 172 g/mol. The van der Waals surface area contributed by atoms with Crippen molar-refractivity contribution in [3.05, 3.63) is 47.7 Å². The van der Waals surface area contributed by atoms with Crippen LogP contribution in [0.15, 0.2) is 40.8 Å². The second-order valence-electron chi connectivity index (χ2n) is 3.17. The first-order valence-corrected chi connectivity index (χ1v) is 4.43. The van der Waals surface area contributed by atoms with E-state index in [0.717, 1.165) is 11.3 Å². The van der Waals surface area contributed by atoms with Crippen LogP contribution < -0.4 is 0 Å². The van der Waals surface area contributed by atoms with Crippen molar-refractivity contribution in [3.63, 3.8) is 0 Å². The van der Waals surface area contributed by atoms with E-state index in [4.69, 9.17) is 10.8 Å². The lowest BCUT2D eigenvalue weighted by Crippen LogP contribution is -1.74. The molecule has 1 heterocycles. The summed E-state index contributed by atoms with van der Waals surface area (Å²) in [7, 11) is 0. The maximum absolute atomic E-state index is 5.42. The highest BCUT2D eigenvalue weighted by molar-refractivity contribution is 5.58. The average Bonchev–Trinajstić information content (AvgIpc) is 2.67. The van der Waals surface area contributed by atoms with Crippen LogP contribution in [-0.4, -0.2) is 0 Å². The standard InChI is InChI=1S/C13H10O/c1-3-12-8-9-13(14-12)11-6-4-10(2)5-7-11/h1,4-9H,2H3. The van der Waals surface area contributed by atoms with Gasteiger partial charge in [-0.05, 0) is 25.0 Å². The summed E-state index contributed by atoms with van der Waals surface area (Å²) in [4.78, 5) is 0. The normalized spacial score (nSPS) is 9.71. The van der Waals surface area contributed by atoms with E-state index in [-0.39, 0.29) is 0 Å². The van der Waals surface area contributed by atoms with E-state index in [0.29, 0.717) is 5.76 Å². The Labute approximate surface area is 83.4 Å². The second-order valence-corrected chi connectivity index (χ2v) is 3.17. The zero-order valence-electron chi connectivity index (χ0n) is 7.95. The number of benzene rings is 1. The van der Waals surface area contributed by atoms with E-state index < -0.39 is 0 Å². The summed E-state index contributed by atoms with van der Waals surface area (Å²) in [6.45, 7) is 2.05. The minimum atomic E-state index is 0.570. The minimum Gasteiger partial charge on any atom is -0.448 e. The van der Waals surface area contributed by atoms with E-state index in [1.165, 1.54) is 5.56 Å². The molecule has 0 amide bonds. The Morgan fingerprint density at radius 1 is 1.07 bits per heavy atom. The lowest BCUT2D eigenvalue weighted by atomic mass is 10.1. The zero-order chi connectivity index (χ0) is 9.97. The molecule has 2 aromatic rings. The molecule has 0 aliphatic rings. The lowest BCUT2D eigenvalue weighted by Gasteiger charge is -1.96. The molecule has 0 saturated heterocycles. The Morgan fingerprint density at radius 3 is 2.36 bits per heavy atom. The lowest BCUT2D eigenvalue weighted by molar-refractivity contribution is 0.569. The highest BCUT2D eigenvalue weighted by Crippen LogP contribution is 2.21. The third-order valence-electron chi connectivity index (χ3n) is 2.08. The molecule has 0 saturated carbocycles. The molecular formula is C13H10O. The van der Waals surface area contributed by atoms with E-state index in [1.54, 1.807) is 6.07 Å². The van der Waals surface area contributed by atoms with Crippen LogP contribution >= 0.6 is 0 Å². The maximum Gasteiger partial charge on any atom is 0.177 e. The summed E-state index contributed by atoms with van der Waals surface area (Å²) < 4.78 is 5.42. The molecule has 68 valence electrons. The number of furan rings is 1. The highest BCUT2D eigenvalue weighted by Gasteiger charge is 2.01. The highest BCUT2D eigenvalue weighted by atomic mass is 16.3. The molecule has 1 aromatic heterocycles. The Balaban J connectivity index is 2.40. The van der Waals surface area contributed by atoms with Crippen molar-refractivity contribution in [2.24, 2.45) is 0 Å². The average molecular weight is 182 g/mol. The van der Waals surface area contributed by atoms with Crippen LogP contribution in [0.4, 0.5) is 0 Å². The first-order chi connectivity index (χ1) is 6.79. The molecule has 1 aromatic carbocycles. The Hall–Kier alpha value is -1.94. The fourth-order valence-electron chi connectivity index (χ4n) is 1.29. The fraction of sp³-hybridized carbons (Fsp3) is 0.0769. The van der Waals surface area contributed by atoms with E-state index >= 15 is 0 Å². The van der Waals surface area contributed by atoms with Gasteiger partial charge in [0.05, 0.1) is 0 Å². The van der Waals surface area contributed by atoms with Crippen molar-refractivity contribution < 1.29 is 4.42 Å². The van der Waals surface area contributed by atoms with Crippen LogP contribution in [0.5, 0.6) is 0 Å². The maximum atomic E-state index is 5.42. The van der Waals surface area contributed by atoms with Crippen LogP contribution in [0.2, 0.25) is 0 Å². The van der Waals surface area contributed by atoms with Gasteiger partial charge in [0.15, 0.2) is 5.76 Å². The van der Waals surface area contributed by atoms with Gasteiger partial charge in [0, 0.05) is 5.56 Å². The smallest absolute Gasteiger partial charge is 0.177 e. The Bertz CT molecular complexity index is 469. The predicted octanol–water partition coefficient (Wildman–Crippen LogP) is 3.24. The van der Waals surface area contributed by atoms with Crippen molar-refractivity contribution in [3.8, 4) is 23.7 Å². The van der Waals surface area contributed by atoms with Gasteiger partial charge in [-0.2, -0.15) is 0 Å². The number of hydrogen-bond acceptors (Lipinski definition) is 1. The first kappa shape index (κ1) is 8.65. The summed E-state index contributed by atoms with van der Waals surface area (Å²) in [5, 5.41) is 0. The van der Waals surface area contributed by atoms with Crippen molar-refractivity contribution in [2.75, 3.05) is 0 Å². The molecule has 0 bridgehead atoms. The van der Waals surface area contributed by atoms with Crippen molar-refractivity contribution >= 4 is 0 Å².